The maximum atomic E-state index is 2.36. The molecule has 0 radical (unpaired) electrons. The SMILES string of the molecule is CCCCCCCC(CCCCC)CC(CCCC)CCCCCC. The van der Waals surface area contributed by atoms with Gasteiger partial charge in [0.1, 0.15) is 0 Å². The van der Waals surface area contributed by atoms with Gasteiger partial charge in [-0.3, -0.25) is 0 Å². The minimum absolute atomic E-state index is 1.03. The van der Waals surface area contributed by atoms with Crippen LogP contribution in [0, 0.1) is 11.8 Å². The summed E-state index contributed by atoms with van der Waals surface area (Å²) >= 11 is 0. The average Bonchev–Trinajstić information content (AvgIpc) is 2.62. The van der Waals surface area contributed by atoms with Gasteiger partial charge in [-0.2, -0.15) is 0 Å². The fourth-order valence-electron chi connectivity index (χ4n) is 4.30. The molecule has 0 saturated heterocycles. The fraction of sp³-hybridized carbons (Fsp3) is 1.00. The first-order valence-electron chi connectivity index (χ1n) is 12.3. The van der Waals surface area contributed by atoms with E-state index >= 15 is 0 Å². The molecule has 25 heavy (non-hydrogen) atoms. The highest BCUT2D eigenvalue weighted by molar-refractivity contribution is 4.68. The first kappa shape index (κ1) is 25.0. The van der Waals surface area contributed by atoms with Gasteiger partial charge in [0.15, 0.2) is 0 Å². The van der Waals surface area contributed by atoms with Crippen molar-refractivity contribution in [1.82, 2.24) is 0 Å². The second-order valence-corrected chi connectivity index (χ2v) is 8.66. The van der Waals surface area contributed by atoms with Gasteiger partial charge in [0.2, 0.25) is 0 Å². The molecule has 0 nitrogen and oxygen atoms in total. The molecule has 0 saturated carbocycles. The summed E-state index contributed by atoms with van der Waals surface area (Å²) in [5, 5.41) is 0. The maximum Gasteiger partial charge on any atom is -0.0412 e. The van der Waals surface area contributed by atoms with Crippen LogP contribution in [0.1, 0.15) is 150 Å². The highest BCUT2D eigenvalue weighted by Crippen LogP contribution is 2.30. The van der Waals surface area contributed by atoms with E-state index in [4.69, 9.17) is 0 Å². The van der Waals surface area contributed by atoms with E-state index in [0.29, 0.717) is 0 Å². The van der Waals surface area contributed by atoms with E-state index in [9.17, 15) is 0 Å². The molecule has 2 unspecified atom stereocenters. The summed E-state index contributed by atoms with van der Waals surface area (Å²) in [6.07, 6.45) is 27.8. The Balaban J connectivity index is 4.29. The van der Waals surface area contributed by atoms with Crippen LogP contribution in [0.4, 0.5) is 0 Å². The molecule has 2 atom stereocenters. The molecule has 0 heteroatoms. The fourth-order valence-corrected chi connectivity index (χ4v) is 4.30. The number of hydrogen-bond acceptors (Lipinski definition) is 0. The topological polar surface area (TPSA) is 0 Å². The first-order chi connectivity index (χ1) is 12.3. The van der Waals surface area contributed by atoms with Crippen molar-refractivity contribution in [2.45, 2.75) is 150 Å². The van der Waals surface area contributed by atoms with Crippen molar-refractivity contribution in [3.63, 3.8) is 0 Å². The summed E-state index contributed by atoms with van der Waals surface area (Å²) in [5.74, 6) is 2.06. The lowest BCUT2D eigenvalue weighted by atomic mass is 9.82. The van der Waals surface area contributed by atoms with Crippen molar-refractivity contribution in [1.29, 1.82) is 0 Å². The molecule has 0 aliphatic heterocycles. The maximum absolute atomic E-state index is 2.36. The lowest BCUT2D eigenvalue weighted by molar-refractivity contribution is 0.284. The Morgan fingerprint density at radius 2 is 0.680 bits per heavy atom. The molecule has 0 heterocycles. The van der Waals surface area contributed by atoms with E-state index < -0.39 is 0 Å². The Morgan fingerprint density at radius 3 is 1.16 bits per heavy atom. The molecule has 0 aromatic heterocycles. The predicted octanol–water partition coefficient (Wildman–Crippen LogP) is 9.71. The normalized spacial score (nSPS) is 13.9. The van der Waals surface area contributed by atoms with Crippen LogP contribution < -0.4 is 0 Å². The zero-order valence-electron chi connectivity index (χ0n) is 18.6. The molecule has 0 rings (SSSR count). The second-order valence-electron chi connectivity index (χ2n) is 8.66. The van der Waals surface area contributed by atoms with Gasteiger partial charge in [-0.05, 0) is 18.3 Å². The summed E-state index contributed by atoms with van der Waals surface area (Å²) in [7, 11) is 0. The van der Waals surface area contributed by atoms with Crippen LogP contribution in [-0.4, -0.2) is 0 Å². The third-order valence-electron chi connectivity index (χ3n) is 6.03. The summed E-state index contributed by atoms with van der Waals surface area (Å²) in [4.78, 5) is 0. The second kappa shape index (κ2) is 20.3. The molecule has 0 bridgehead atoms. The summed E-state index contributed by atoms with van der Waals surface area (Å²) in [5.41, 5.74) is 0. The zero-order chi connectivity index (χ0) is 18.6. The van der Waals surface area contributed by atoms with Crippen molar-refractivity contribution < 1.29 is 0 Å². The van der Waals surface area contributed by atoms with Crippen LogP contribution in [0.5, 0.6) is 0 Å². The molecule has 0 amide bonds. The molecule has 0 N–H and O–H groups in total. The Hall–Kier alpha value is 0. The van der Waals surface area contributed by atoms with E-state index in [2.05, 4.69) is 27.7 Å². The third-order valence-corrected chi connectivity index (χ3v) is 6.03. The Labute approximate surface area is 161 Å². The van der Waals surface area contributed by atoms with Gasteiger partial charge >= 0.3 is 0 Å². The summed E-state index contributed by atoms with van der Waals surface area (Å²) < 4.78 is 0. The van der Waals surface area contributed by atoms with Crippen LogP contribution in [0.3, 0.4) is 0 Å². The molecule has 0 aromatic rings. The van der Waals surface area contributed by atoms with E-state index in [1.807, 2.05) is 0 Å². The summed E-state index contributed by atoms with van der Waals surface area (Å²) in [6.45, 7) is 9.36. The van der Waals surface area contributed by atoms with Gasteiger partial charge in [0.25, 0.3) is 0 Å². The van der Waals surface area contributed by atoms with Gasteiger partial charge in [-0.1, -0.05) is 143 Å². The van der Waals surface area contributed by atoms with Crippen molar-refractivity contribution in [2.75, 3.05) is 0 Å². The molecule has 0 aromatic carbocycles. The Bertz CT molecular complexity index is 232. The molecule has 0 spiro atoms. The van der Waals surface area contributed by atoms with Crippen LogP contribution in [-0.2, 0) is 0 Å². The molecule has 152 valence electrons. The highest BCUT2D eigenvalue weighted by atomic mass is 14.2. The van der Waals surface area contributed by atoms with E-state index in [1.165, 1.54) is 116 Å². The monoisotopic (exact) mass is 352 g/mol. The Kier molecular flexibility index (Phi) is 20.3. The van der Waals surface area contributed by atoms with E-state index in [1.54, 1.807) is 6.42 Å². The van der Waals surface area contributed by atoms with Gasteiger partial charge < -0.3 is 0 Å². The van der Waals surface area contributed by atoms with E-state index in [0.717, 1.165) is 11.8 Å². The van der Waals surface area contributed by atoms with Crippen LogP contribution >= 0.6 is 0 Å². The minimum atomic E-state index is 1.03. The molecule has 0 aliphatic rings. The van der Waals surface area contributed by atoms with Crippen molar-refractivity contribution in [2.24, 2.45) is 11.8 Å². The first-order valence-corrected chi connectivity index (χ1v) is 12.3. The molecular formula is C25H52. The average molecular weight is 353 g/mol. The van der Waals surface area contributed by atoms with Crippen LogP contribution in [0.2, 0.25) is 0 Å². The third kappa shape index (κ3) is 17.2. The lowest BCUT2D eigenvalue weighted by Gasteiger charge is -2.24. The number of rotatable bonds is 20. The quantitative estimate of drug-likeness (QED) is 0.191. The van der Waals surface area contributed by atoms with Crippen LogP contribution in [0.25, 0.3) is 0 Å². The summed E-state index contributed by atoms with van der Waals surface area (Å²) in [6, 6.07) is 0. The van der Waals surface area contributed by atoms with Crippen LogP contribution in [0.15, 0.2) is 0 Å². The van der Waals surface area contributed by atoms with Crippen molar-refractivity contribution >= 4 is 0 Å². The minimum Gasteiger partial charge on any atom is -0.0654 e. The Morgan fingerprint density at radius 1 is 0.360 bits per heavy atom. The van der Waals surface area contributed by atoms with Gasteiger partial charge in [0.05, 0.1) is 0 Å². The van der Waals surface area contributed by atoms with Gasteiger partial charge in [-0.25, -0.2) is 0 Å². The molecular weight excluding hydrogens is 300 g/mol. The molecule has 0 aliphatic carbocycles. The number of unbranched alkanes of at least 4 members (excludes halogenated alkanes) is 10. The van der Waals surface area contributed by atoms with Crippen molar-refractivity contribution in [3.05, 3.63) is 0 Å². The number of hydrogen-bond donors (Lipinski definition) is 0. The smallest absolute Gasteiger partial charge is 0.0412 e. The lowest BCUT2D eigenvalue weighted by Crippen LogP contribution is -2.10. The standard InChI is InChI=1S/C25H52/c1-5-9-13-15-18-22-25(20-16-11-7-3)23-24(19-12-8-4)21-17-14-10-6-2/h24-25H,5-23H2,1-4H3. The largest absolute Gasteiger partial charge is 0.0654 e. The molecule has 0 fully saturated rings. The zero-order valence-corrected chi connectivity index (χ0v) is 18.6. The van der Waals surface area contributed by atoms with E-state index in [-0.39, 0.29) is 0 Å². The van der Waals surface area contributed by atoms with Crippen molar-refractivity contribution in [3.8, 4) is 0 Å². The highest BCUT2D eigenvalue weighted by Gasteiger charge is 2.16. The van der Waals surface area contributed by atoms with Gasteiger partial charge in [-0.15, -0.1) is 0 Å². The predicted molar refractivity (Wildman–Crippen MR) is 117 cm³/mol. The van der Waals surface area contributed by atoms with Gasteiger partial charge in [0, 0.05) is 0 Å².